The monoisotopic (exact) mass is 306 g/mol. The molecule has 0 heterocycles. The molecule has 2 aromatic rings. The van der Waals surface area contributed by atoms with Gasteiger partial charge < -0.3 is 0 Å². The molecule has 0 unspecified atom stereocenters. The molecule has 0 saturated carbocycles. The van der Waals surface area contributed by atoms with E-state index in [4.69, 9.17) is 0 Å². The van der Waals surface area contributed by atoms with E-state index in [1.807, 2.05) is 0 Å². The van der Waals surface area contributed by atoms with Gasteiger partial charge in [-0.25, -0.2) is 13.2 Å². The van der Waals surface area contributed by atoms with Gasteiger partial charge in [0.05, 0.1) is 0 Å². The highest BCUT2D eigenvalue weighted by Crippen LogP contribution is 2.26. The molecule has 22 heavy (non-hydrogen) atoms. The topological polar surface area (TPSA) is 0 Å². The average Bonchev–Trinajstić information content (AvgIpc) is 2.51. The van der Waals surface area contributed by atoms with E-state index in [0.717, 1.165) is 31.0 Å². The average molecular weight is 306 g/mol. The van der Waals surface area contributed by atoms with Crippen molar-refractivity contribution >= 4 is 0 Å². The van der Waals surface area contributed by atoms with Crippen LogP contribution in [0, 0.1) is 17.5 Å². The first-order valence-electron chi connectivity index (χ1n) is 7.85. The van der Waals surface area contributed by atoms with Crippen LogP contribution in [-0.4, -0.2) is 0 Å². The smallest absolute Gasteiger partial charge is 0.131 e. The Kier molecular flexibility index (Phi) is 6.05. The van der Waals surface area contributed by atoms with Gasteiger partial charge in [-0.2, -0.15) is 0 Å². The van der Waals surface area contributed by atoms with E-state index < -0.39 is 11.6 Å². The second-order valence-electron chi connectivity index (χ2n) is 5.59. The minimum Gasteiger partial charge on any atom is -0.207 e. The third kappa shape index (κ3) is 4.36. The minimum absolute atomic E-state index is 0.0911. The summed E-state index contributed by atoms with van der Waals surface area (Å²) in [7, 11) is 0. The van der Waals surface area contributed by atoms with Crippen LogP contribution in [0.5, 0.6) is 0 Å². The first-order chi connectivity index (χ1) is 10.6. The zero-order chi connectivity index (χ0) is 15.9. The molecular weight excluding hydrogens is 285 g/mol. The molecule has 0 atom stereocenters. The molecule has 0 aliphatic rings. The molecule has 0 aliphatic heterocycles. The van der Waals surface area contributed by atoms with Gasteiger partial charge in [0.2, 0.25) is 0 Å². The highest BCUT2D eigenvalue weighted by Gasteiger charge is 2.10. The number of halogens is 3. The van der Waals surface area contributed by atoms with Crippen LogP contribution in [-0.2, 0) is 6.42 Å². The van der Waals surface area contributed by atoms with Crippen molar-refractivity contribution in [2.75, 3.05) is 0 Å². The summed E-state index contributed by atoms with van der Waals surface area (Å²) in [6.45, 7) is 2.16. The Balaban J connectivity index is 2.07. The number of hydrogen-bond donors (Lipinski definition) is 0. The molecular formula is C19H21F3. The van der Waals surface area contributed by atoms with Crippen LogP contribution in [0.1, 0.15) is 44.6 Å². The Bertz CT molecular complexity index is 620. The molecule has 0 bridgehead atoms. The van der Waals surface area contributed by atoms with E-state index in [-0.39, 0.29) is 11.4 Å². The first-order valence-corrected chi connectivity index (χ1v) is 7.85. The van der Waals surface area contributed by atoms with Crippen molar-refractivity contribution in [2.45, 2.75) is 45.4 Å². The van der Waals surface area contributed by atoms with Crippen molar-refractivity contribution in [2.24, 2.45) is 0 Å². The lowest BCUT2D eigenvalue weighted by atomic mass is 10.00. The Morgan fingerprint density at radius 1 is 0.773 bits per heavy atom. The van der Waals surface area contributed by atoms with E-state index in [0.29, 0.717) is 17.5 Å². The molecule has 0 saturated heterocycles. The lowest BCUT2D eigenvalue weighted by molar-refractivity contribution is 0.587. The van der Waals surface area contributed by atoms with Crippen molar-refractivity contribution < 1.29 is 13.2 Å². The summed E-state index contributed by atoms with van der Waals surface area (Å²) in [5.41, 5.74) is 1.09. The highest BCUT2D eigenvalue weighted by atomic mass is 19.1. The predicted molar refractivity (Wildman–Crippen MR) is 84.2 cm³/mol. The molecule has 2 aromatic carbocycles. The van der Waals surface area contributed by atoms with Gasteiger partial charge in [0, 0.05) is 5.56 Å². The maximum atomic E-state index is 14.1. The predicted octanol–water partition coefficient (Wildman–Crippen LogP) is 6.28. The summed E-state index contributed by atoms with van der Waals surface area (Å²) in [5.74, 6) is -1.43. The number of hydrogen-bond acceptors (Lipinski definition) is 0. The van der Waals surface area contributed by atoms with E-state index >= 15 is 0 Å². The van der Waals surface area contributed by atoms with E-state index in [2.05, 4.69) is 6.92 Å². The van der Waals surface area contributed by atoms with Crippen LogP contribution in [0.3, 0.4) is 0 Å². The number of aryl methyl sites for hydroxylation is 1. The van der Waals surface area contributed by atoms with Gasteiger partial charge in [0.15, 0.2) is 0 Å². The van der Waals surface area contributed by atoms with Gasteiger partial charge >= 0.3 is 0 Å². The Labute approximate surface area is 130 Å². The fourth-order valence-electron chi connectivity index (χ4n) is 2.56. The SMILES string of the molecule is CCCCCCCc1ccc(-c2cc(F)ccc2F)cc1F. The molecule has 118 valence electrons. The van der Waals surface area contributed by atoms with Crippen LogP contribution in [0.15, 0.2) is 36.4 Å². The van der Waals surface area contributed by atoms with Crippen LogP contribution in [0.25, 0.3) is 11.1 Å². The van der Waals surface area contributed by atoms with Crippen molar-refractivity contribution in [1.29, 1.82) is 0 Å². The maximum Gasteiger partial charge on any atom is 0.131 e. The summed E-state index contributed by atoms with van der Waals surface area (Å²) < 4.78 is 41.1. The third-order valence-electron chi connectivity index (χ3n) is 3.84. The summed E-state index contributed by atoms with van der Waals surface area (Å²) in [4.78, 5) is 0. The quantitative estimate of drug-likeness (QED) is 0.528. The van der Waals surface area contributed by atoms with Crippen LogP contribution >= 0.6 is 0 Å². The number of unbranched alkanes of at least 4 members (excludes halogenated alkanes) is 4. The summed E-state index contributed by atoms with van der Waals surface area (Å²) in [6.07, 6.45) is 6.28. The molecule has 0 radical (unpaired) electrons. The zero-order valence-corrected chi connectivity index (χ0v) is 12.8. The highest BCUT2D eigenvalue weighted by molar-refractivity contribution is 5.64. The van der Waals surface area contributed by atoms with Crippen molar-refractivity contribution in [3.05, 3.63) is 59.4 Å². The van der Waals surface area contributed by atoms with Crippen molar-refractivity contribution in [3.8, 4) is 11.1 Å². The Hall–Kier alpha value is -1.77. The molecule has 0 aromatic heterocycles. The van der Waals surface area contributed by atoms with Crippen molar-refractivity contribution in [1.82, 2.24) is 0 Å². The second kappa shape index (κ2) is 8.02. The Morgan fingerprint density at radius 3 is 2.27 bits per heavy atom. The third-order valence-corrected chi connectivity index (χ3v) is 3.84. The van der Waals surface area contributed by atoms with E-state index in [1.165, 1.54) is 25.3 Å². The van der Waals surface area contributed by atoms with Gasteiger partial charge in [-0.05, 0) is 48.2 Å². The molecule has 0 fully saturated rings. The second-order valence-corrected chi connectivity index (χ2v) is 5.59. The molecule has 2 rings (SSSR count). The fourth-order valence-corrected chi connectivity index (χ4v) is 2.56. The van der Waals surface area contributed by atoms with Crippen LogP contribution in [0.4, 0.5) is 13.2 Å². The van der Waals surface area contributed by atoms with Gasteiger partial charge in [-0.3, -0.25) is 0 Å². The minimum atomic E-state index is -0.548. The van der Waals surface area contributed by atoms with Gasteiger partial charge in [-0.1, -0.05) is 44.7 Å². The van der Waals surface area contributed by atoms with E-state index in [9.17, 15) is 13.2 Å². The van der Waals surface area contributed by atoms with Crippen molar-refractivity contribution in [3.63, 3.8) is 0 Å². The molecule has 3 heteroatoms. The largest absolute Gasteiger partial charge is 0.207 e. The number of benzene rings is 2. The molecule has 0 aliphatic carbocycles. The lowest BCUT2D eigenvalue weighted by Crippen LogP contribution is -1.94. The maximum absolute atomic E-state index is 14.1. The molecule has 0 spiro atoms. The van der Waals surface area contributed by atoms with Crippen LogP contribution < -0.4 is 0 Å². The molecule has 0 amide bonds. The normalized spacial score (nSPS) is 10.9. The fraction of sp³-hybridized carbons (Fsp3) is 0.368. The van der Waals surface area contributed by atoms with Gasteiger partial charge in [-0.15, -0.1) is 0 Å². The standard InChI is InChI=1S/C19H21F3/c1-2-3-4-5-6-7-14-8-9-15(12-19(14)22)17-13-16(20)10-11-18(17)21/h8-13H,2-7H2,1H3. The Morgan fingerprint density at radius 2 is 1.55 bits per heavy atom. The zero-order valence-electron chi connectivity index (χ0n) is 12.8. The molecule has 0 N–H and O–H groups in total. The van der Waals surface area contributed by atoms with Gasteiger partial charge in [0.25, 0.3) is 0 Å². The molecule has 0 nitrogen and oxygen atoms in total. The summed E-state index contributed by atoms with van der Waals surface area (Å²) in [5, 5.41) is 0. The first kappa shape index (κ1) is 16.6. The lowest BCUT2D eigenvalue weighted by Gasteiger charge is -2.08. The van der Waals surface area contributed by atoms with Crippen LogP contribution in [0.2, 0.25) is 0 Å². The van der Waals surface area contributed by atoms with Gasteiger partial charge in [0.1, 0.15) is 17.5 Å². The summed E-state index contributed by atoms with van der Waals surface area (Å²) >= 11 is 0. The van der Waals surface area contributed by atoms with E-state index in [1.54, 1.807) is 12.1 Å². The summed E-state index contributed by atoms with van der Waals surface area (Å²) in [6, 6.07) is 7.83. The number of rotatable bonds is 7.